The van der Waals surface area contributed by atoms with Crippen LogP contribution in [0.3, 0.4) is 0 Å². The van der Waals surface area contributed by atoms with Crippen LogP contribution in [0.15, 0.2) is 18.2 Å². The van der Waals surface area contributed by atoms with Crippen LogP contribution in [0.2, 0.25) is 0 Å². The molecule has 0 unspecified atom stereocenters. The van der Waals surface area contributed by atoms with E-state index in [0.29, 0.717) is 13.2 Å². The van der Waals surface area contributed by atoms with Crippen LogP contribution in [0, 0.1) is 6.92 Å². The number of nitrogens with two attached hydrogens (primary N) is 1. The van der Waals surface area contributed by atoms with Crippen molar-refractivity contribution in [3.05, 3.63) is 23.8 Å². The molecule has 90 valence electrons. The van der Waals surface area contributed by atoms with Crippen molar-refractivity contribution in [2.75, 3.05) is 25.6 Å². The summed E-state index contributed by atoms with van der Waals surface area (Å²) in [5.41, 5.74) is 7.54. The standard InChI is InChI=1S/C13H21NO2/c1-3-4-8-15-9-10-16-13-7-5-6-12(14)11(13)2/h5-7H,3-4,8-10,14H2,1-2H3. The zero-order valence-electron chi connectivity index (χ0n) is 10.2. The highest BCUT2D eigenvalue weighted by Gasteiger charge is 2.01. The molecule has 0 aromatic heterocycles. The van der Waals surface area contributed by atoms with Crippen molar-refractivity contribution in [1.82, 2.24) is 0 Å². The summed E-state index contributed by atoms with van der Waals surface area (Å²) in [7, 11) is 0. The van der Waals surface area contributed by atoms with Crippen molar-refractivity contribution in [2.24, 2.45) is 0 Å². The van der Waals surface area contributed by atoms with E-state index in [1.165, 1.54) is 0 Å². The molecule has 3 nitrogen and oxygen atoms in total. The summed E-state index contributed by atoms with van der Waals surface area (Å²) in [5, 5.41) is 0. The van der Waals surface area contributed by atoms with Crippen molar-refractivity contribution in [3.8, 4) is 5.75 Å². The summed E-state index contributed by atoms with van der Waals surface area (Å²) in [6.45, 7) is 6.14. The Morgan fingerprint density at radius 1 is 1.19 bits per heavy atom. The lowest BCUT2D eigenvalue weighted by atomic mass is 10.2. The van der Waals surface area contributed by atoms with Crippen LogP contribution in [-0.2, 0) is 4.74 Å². The molecule has 1 aromatic carbocycles. The summed E-state index contributed by atoms with van der Waals surface area (Å²) < 4.78 is 11.0. The highest BCUT2D eigenvalue weighted by Crippen LogP contribution is 2.22. The highest BCUT2D eigenvalue weighted by atomic mass is 16.5. The quantitative estimate of drug-likeness (QED) is 0.571. The maximum Gasteiger partial charge on any atom is 0.124 e. The number of ether oxygens (including phenoxy) is 2. The van der Waals surface area contributed by atoms with Gasteiger partial charge >= 0.3 is 0 Å². The fourth-order valence-electron chi connectivity index (χ4n) is 1.35. The van der Waals surface area contributed by atoms with Crippen molar-refractivity contribution < 1.29 is 9.47 Å². The number of benzene rings is 1. The normalized spacial score (nSPS) is 10.4. The first-order valence-corrected chi connectivity index (χ1v) is 5.81. The van der Waals surface area contributed by atoms with Gasteiger partial charge < -0.3 is 15.2 Å². The lowest BCUT2D eigenvalue weighted by Gasteiger charge is -2.10. The molecule has 0 atom stereocenters. The average molecular weight is 223 g/mol. The fraction of sp³-hybridized carbons (Fsp3) is 0.538. The molecular weight excluding hydrogens is 202 g/mol. The maximum absolute atomic E-state index is 5.78. The van der Waals surface area contributed by atoms with Crippen molar-refractivity contribution in [3.63, 3.8) is 0 Å². The van der Waals surface area contributed by atoms with Crippen LogP contribution in [0.25, 0.3) is 0 Å². The molecule has 0 fully saturated rings. The Bertz CT molecular complexity index is 313. The number of hydrogen-bond donors (Lipinski definition) is 1. The molecule has 0 aliphatic heterocycles. The first kappa shape index (κ1) is 12.8. The number of anilines is 1. The predicted molar refractivity (Wildman–Crippen MR) is 66.8 cm³/mol. The second kappa shape index (κ2) is 7.12. The van der Waals surface area contributed by atoms with E-state index in [9.17, 15) is 0 Å². The SMILES string of the molecule is CCCCOCCOc1cccc(N)c1C. The van der Waals surface area contributed by atoms with Gasteiger partial charge in [0, 0.05) is 17.9 Å². The third-order valence-corrected chi connectivity index (χ3v) is 2.45. The van der Waals surface area contributed by atoms with Gasteiger partial charge in [-0.3, -0.25) is 0 Å². The molecule has 0 spiro atoms. The van der Waals surface area contributed by atoms with Gasteiger partial charge in [0.25, 0.3) is 0 Å². The summed E-state index contributed by atoms with van der Waals surface area (Å²) in [6, 6.07) is 5.70. The van der Waals surface area contributed by atoms with Gasteiger partial charge in [-0.05, 0) is 25.5 Å². The van der Waals surface area contributed by atoms with Gasteiger partial charge in [-0.1, -0.05) is 19.4 Å². The third kappa shape index (κ3) is 4.11. The molecule has 0 heterocycles. The van der Waals surface area contributed by atoms with E-state index >= 15 is 0 Å². The number of nitrogen functional groups attached to an aromatic ring is 1. The smallest absolute Gasteiger partial charge is 0.124 e. The van der Waals surface area contributed by atoms with Crippen LogP contribution in [0.4, 0.5) is 5.69 Å². The van der Waals surface area contributed by atoms with Crippen LogP contribution >= 0.6 is 0 Å². The first-order valence-electron chi connectivity index (χ1n) is 5.81. The Morgan fingerprint density at radius 2 is 2.00 bits per heavy atom. The Kier molecular flexibility index (Phi) is 5.72. The molecule has 0 saturated carbocycles. The topological polar surface area (TPSA) is 44.5 Å². The summed E-state index contributed by atoms with van der Waals surface area (Å²) in [4.78, 5) is 0. The Balaban J connectivity index is 2.24. The molecule has 0 aliphatic carbocycles. The molecule has 0 radical (unpaired) electrons. The zero-order valence-corrected chi connectivity index (χ0v) is 10.2. The van der Waals surface area contributed by atoms with Crippen LogP contribution in [0.5, 0.6) is 5.75 Å². The highest BCUT2D eigenvalue weighted by molar-refractivity contribution is 5.53. The Labute approximate surface area is 97.6 Å². The molecule has 3 heteroatoms. The second-order valence-corrected chi connectivity index (χ2v) is 3.78. The Morgan fingerprint density at radius 3 is 2.75 bits per heavy atom. The minimum atomic E-state index is 0.577. The van der Waals surface area contributed by atoms with E-state index in [0.717, 1.165) is 36.4 Å². The summed E-state index contributed by atoms with van der Waals surface area (Å²) >= 11 is 0. The second-order valence-electron chi connectivity index (χ2n) is 3.78. The van der Waals surface area contributed by atoms with Crippen molar-refractivity contribution in [1.29, 1.82) is 0 Å². The summed E-state index contributed by atoms with van der Waals surface area (Å²) in [6.07, 6.45) is 2.27. The minimum Gasteiger partial charge on any atom is -0.491 e. The van der Waals surface area contributed by atoms with Crippen LogP contribution in [0.1, 0.15) is 25.3 Å². The van der Waals surface area contributed by atoms with E-state index in [4.69, 9.17) is 15.2 Å². The van der Waals surface area contributed by atoms with Gasteiger partial charge in [-0.25, -0.2) is 0 Å². The monoisotopic (exact) mass is 223 g/mol. The average Bonchev–Trinajstić information content (AvgIpc) is 2.29. The van der Waals surface area contributed by atoms with Gasteiger partial charge in [0.2, 0.25) is 0 Å². The Hall–Kier alpha value is -1.22. The molecule has 0 amide bonds. The lowest BCUT2D eigenvalue weighted by molar-refractivity contribution is 0.0978. The fourth-order valence-corrected chi connectivity index (χ4v) is 1.35. The van der Waals surface area contributed by atoms with Gasteiger partial charge in [0.1, 0.15) is 12.4 Å². The van der Waals surface area contributed by atoms with Crippen molar-refractivity contribution in [2.45, 2.75) is 26.7 Å². The minimum absolute atomic E-state index is 0.577. The van der Waals surface area contributed by atoms with E-state index < -0.39 is 0 Å². The van der Waals surface area contributed by atoms with E-state index in [-0.39, 0.29) is 0 Å². The number of rotatable bonds is 7. The first-order chi connectivity index (χ1) is 7.75. The summed E-state index contributed by atoms with van der Waals surface area (Å²) in [5.74, 6) is 0.846. The number of hydrogen-bond acceptors (Lipinski definition) is 3. The molecule has 0 bridgehead atoms. The lowest BCUT2D eigenvalue weighted by Crippen LogP contribution is -2.08. The van der Waals surface area contributed by atoms with Gasteiger partial charge in [0.15, 0.2) is 0 Å². The molecule has 16 heavy (non-hydrogen) atoms. The predicted octanol–water partition coefficient (Wildman–Crippen LogP) is 2.77. The van der Waals surface area contributed by atoms with Crippen molar-refractivity contribution >= 4 is 5.69 Å². The van der Waals surface area contributed by atoms with Crippen LogP contribution in [-0.4, -0.2) is 19.8 Å². The largest absolute Gasteiger partial charge is 0.491 e. The van der Waals surface area contributed by atoms with E-state index in [2.05, 4.69) is 6.92 Å². The molecule has 1 rings (SSSR count). The number of unbranched alkanes of at least 4 members (excludes halogenated alkanes) is 1. The molecular formula is C13H21NO2. The molecule has 0 saturated heterocycles. The maximum atomic E-state index is 5.78. The van der Waals surface area contributed by atoms with Gasteiger partial charge in [-0.2, -0.15) is 0 Å². The molecule has 1 aromatic rings. The molecule has 2 N–H and O–H groups in total. The van der Waals surface area contributed by atoms with E-state index in [1.54, 1.807) is 0 Å². The van der Waals surface area contributed by atoms with Gasteiger partial charge in [0.05, 0.1) is 6.61 Å². The van der Waals surface area contributed by atoms with Crippen LogP contribution < -0.4 is 10.5 Å². The molecule has 0 aliphatic rings. The van der Waals surface area contributed by atoms with E-state index in [1.807, 2.05) is 25.1 Å². The third-order valence-electron chi connectivity index (χ3n) is 2.45. The van der Waals surface area contributed by atoms with Gasteiger partial charge in [-0.15, -0.1) is 0 Å². The zero-order chi connectivity index (χ0) is 11.8.